The van der Waals surface area contributed by atoms with Crippen molar-refractivity contribution in [2.24, 2.45) is 0 Å². The monoisotopic (exact) mass is 544 g/mol. The molecule has 0 fully saturated rings. The zero-order valence-corrected chi connectivity index (χ0v) is 24.8. The van der Waals surface area contributed by atoms with Gasteiger partial charge in [0, 0.05) is 16.3 Å². The molecule has 0 unspecified atom stereocenters. The van der Waals surface area contributed by atoms with Crippen LogP contribution in [0, 0.1) is 27.7 Å². The lowest BCUT2D eigenvalue weighted by atomic mass is 9.88. The second-order valence-electron chi connectivity index (χ2n) is 11.5. The van der Waals surface area contributed by atoms with Gasteiger partial charge >= 0.3 is 0 Å². The number of fused-ring (bicyclic) bond motifs is 4. The maximum Gasteiger partial charge on any atom is 0.227 e. The van der Waals surface area contributed by atoms with E-state index in [1.807, 2.05) is 0 Å². The molecular formula is C40H34NO+. The lowest BCUT2D eigenvalue weighted by molar-refractivity contribution is -0.495. The minimum absolute atomic E-state index is 0.868. The Balaban J connectivity index is 1.83. The quantitative estimate of drug-likeness (QED) is 0.122. The van der Waals surface area contributed by atoms with Crippen LogP contribution < -0.4 is 9.14 Å². The summed E-state index contributed by atoms with van der Waals surface area (Å²) >= 11 is 0. The van der Waals surface area contributed by atoms with Crippen molar-refractivity contribution in [3.8, 4) is 39.3 Å². The maximum absolute atomic E-state index is 5.98. The van der Waals surface area contributed by atoms with Crippen LogP contribution in [0.25, 0.3) is 60.6 Å². The van der Waals surface area contributed by atoms with Crippen LogP contribution in [-0.2, 0) is 0 Å². The molecule has 0 aliphatic carbocycles. The van der Waals surface area contributed by atoms with E-state index in [4.69, 9.17) is 4.74 Å². The fourth-order valence-electron chi connectivity index (χ4n) is 6.54. The Bertz CT molecular complexity index is 2170. The van der Waals surface area contributed by atoms with Crippen molar-refractivity contribution in [3.05, 3.63) is 138 Å². The van der Waals surface area contributed by atoms with Crippen molar-refractivity contribution in [2.45, 2.75) is 27.7 Å². The number of aryl methyl sites for hydroxylation is 4. The second kappa shape index (κ2) is 10.2. The largest absolute Gasteiger partial charge is 0.496 e. The standard InChI is InChI=1S/C40H34NO/c1-25-10-6-13-29(20-25)37-32-16-9-17-36(42-5)35(32)24-41-39(31-15-8-12-27(3)22-31)38(30-14-7-11-26(2)21-30)34-23-28(4)18-19-33(34)40(37)41/h6-24H,1-5H3/q+1. The average Bonchev–Trinajstić information content (AvgIpc) is 2.98. The van der Waals surface area contributed by atoms with Gasteiger partial charge in [0.15, 0.2) is 6.20 Å². The summed E-state index contributed by atoms with van der Waals surface area (Å²) in [6, 6.07) is 40.0. The minimum atomic E-state index is 0.868. The van der Waals surface area contributed by atoms with Gasteiger partial charge in [0.2, 0.25) is 11.2 Å². The number of hydrogen-bond acceptors (Lipinski definition) is 1. The van der Waals surface area contributed by atoms with Crippen molar-refractivity contribution in [2.75, 3.05) is 7.11 Å². The van der Waals surface area contributed by atoms with Gasteiger partial charge in [0.05, 0.1) is 29.0 Å². The number of rotatable bonds is 4. The molecule has 0 atom stereocenters. The molecule has 0 aliphatic rings. The molecule has 2 aromatic heterocycles. The van der Waals surface area contributed by atoms with Crippen molar-refractivity contribution >= 4 is 27.1 Å². The minimum Gasteiger partial charge on any atom is -0.496 e. The Hall–Kier alpha value is -4.95. The van der Waals surface area contributed by atoms with Gasteiger partial charge < -0.3 is 4.74 Å². The third-order valence-electron chi connectivity index (χ3n) is 8.37. The SMILES string of the molecule is COc1cccc2c(-c3cccc(C)c3)c3c4ccc(C)cc4c(-c4cccc(C)c4)c(-c4cccc(C)c4)[n+]3cc12. The molecule has 0 amide bonds. The average molecular weight is 545 g/mol. The highest BCUT2D eigenvalue weighted by Crippen LogP contribution is 2.43. The summed E-state index contributed by atoms with van der Waals surface area (Å²) in [7, 11) is 1.76. The van der Waals surface area contributed by atoms with Crippen molar-refractivity contribution in [1.29, 1.82) is 0 Å². The van der Waals surface area contributed by atoms with Gasteiger partial charge in [0.25, 0.3) is 0 Å². The summed E-state index contributed by atoms with van der Waals surface area (Å²) in [4.78, 5) is 0. The Morgan fingerprint density at radius 2 is 1.05 bits per heavy atom. The van der Waals surface area contributed by atoms with Gasteiger partial charge in [-0.1, -0.05) is 107 Å². The number of ether oxygens (including phenoxy) is 1. The third-order valence-corrected chi connectivity index (χ3v) is 8.37. The summed E-state index contributed by atoms with van der Waals surface area (Å²) < 4.78 is 8.41. The smallest absolute Gasteiger partial charge is 0.227 e. The summed E-state index contributed by atoms with van der Waals surface area (Å²) in [5.74, 6) is 0.868. The van der Waals surface area contributed by atoms with E-state index in [0.717, 1.165) is 11.1 Å². The van der Waals surface area contributed by atoms with Crippen molar-refractivity contribution in [1.82, 2.24) is 0 Å². The molecule has 5 aromatic carbocycles. The van der Waals surface area contributed by atoms with Crippen LogP contribution in [0.2, 0.25) is 0 Å². The van der Waals surface area contributed by atoms with Crippen LogP contribution in [-0.4, -0.2) is 7.11 Å². The predicted molar refractivity (Wildman–Crippen MR) is 176 cm³/mol. The van der Waals surface area contributed by atoms with Crippen molar-refractivity contribution < 1.29 is 9.14 Å². The Morgan fingerprint density at radius 3 is 1.69 bits per heavy atom. The number of hydrogen-bond donors (Lipinski definition) is 0. The zero-order valence-electron chi connectivity index (χ0n) is 24.8. The van der Waals surface area contributed by atoms with Crippen LogP contribution in [0.3, 0.4) is 0 Å². The highest BCUT2D eigenvalue weighted by Gasteiger charge is 2.29. The topological polar surface area (TPSA) is 13.3 Å². The fraction of sp³-hybridized carbons (Fsp3) is 0.125. The van der Waals surface area contributed by atoms with Crippen LogP contribution in [0.1, 0.15) is 22.3 Å². The van der Waals surface area contributed by atoms with Gasteiger partial charge in [0.1, 0.15) is 5.75 Å². The fourth-order valence-corrected chi connectivity index (χ4v) is 6.54. The zero-order chi connectivity index (χ0) is 29.0. The van der Waals surface area contributed by atoms with E-state index in [-0.39, 0.29) is 0 Å². The van der Waals surface area contributed by atoms with Gasteiger partial charge in [-0.3, -0.25) is 0 Å². The van der Waals surface area contributed by atoms with Gasteiger partial charge in [-0.2, -0.15) is 4.40 Å². The molecule has 0 bridgehead atoms. The van der Waals surface area contributed by atoms with Crippen molar-refractivity contribution in [3.63, 3.8) is 0 Å². The number of nitrogens with zero attached hydrogens (tertiary/aromatic N) is 1. The number of pyridine rings is 2. The molecule has 2 nitrogen and oxygen atoms in total. The van der Waals surface area contributed by atoms with Crippen LogP contribution in [0.15, 0.2) is 115 Å². The molecule has 0 aliphatic heterocycles. The first-order chi connectivity index (χ1) is 20.4. The maximum atomic E-state index is 5.98. The lowest BCUT2D eigenvalue weighted by Gasteiger charge is -2.18. The number of methoxy groups -OCH3 is 1. The molecule has 0 radical (unpaired) electrons. The number of aromatic nitrogens is 1. The van der Waals surface area contributed by atoms with Crippen LogP contribution >= 0.6 is 0 Å². The predicted octanol–water partition coefficient (Wildman–Crippen LogP) is 9.97. The molecule has 0 saturated heterocycles. The summed E-state index contributed by atoms with van der Waals surface area (Å²) in [5, 5.41) is 4.76. The highest BCUT2D eigenvalue weighted by atomic mass is 16.5. The first-order valence-electron chi connectivity index (χ1n) is 14.6. The Labute approximate surface area is 247 Å². The molecule has 2 heterocycles. The molecule has 0 spiro atoms. The summed E-state index contributed by atoms with van der Waals surface area (Å²) in [6.07, 6.45) is 2.29. The molecule has 42 heavy (non-hydrogen) atoms. The van der Waals surface area contributed by atoms with E-state index >= 15 is 0 Å². The summed E-state index contributed by atoms with van der Waals surface area (Å²) in [6.45, 7) is 8.70. The van der Waals surface area contributed by atoms with Crippen LogP contribution in [0.5, 0.6) is 5.75 Å². The van der Waals surface area contributed by atoms with Gasteiger partial charge in [-0.05, 0) is 63.1 Å². The Morgan fingerprint density at radius 1 is 0.476 bits per heavy atom. The normalized spacial score (nSPS) is 11.5. The molecule has 0 saturated carbocycles. The third kappa shape index (κ3) is 4.23. The first kappa shape index (κ1) is 26.0. The van der Waals surface area contributed by atoms with E-state index in [9.17, 15) is 0 Å². The van der Waals surface area contributed by atoms with E-state index in [0.29, 0.717) is 0 Å². The lowest BCUT2D eigenvalue weighted by Crippen LogP contribution is -2.27. The Kier molecular flexibility index (Phi) is 6.28. The second-order valence-corrected chi connectivity index (χ2v) is 11.5. The van der Waals surface area contributed by atoms with E-state index in [2.05, 4.69) is 147 Å². The summed E-state index contributed by atoms with van der Waals surface area (Å²) in [5.41, 5.74) is 13.4. The van der Waals surface area contributed by atoms with Gasteiger partial charge in [-0.15, -0.1) is 0 Å². The molecule has 7 rings (SSSR count). The molecule has 7 aromatic rings. The number of benzene rings is 5. The molecular weight excluding hydrogens is 510 g/mol. The highest BCUT2D eigenvalue weighted by molar-refractivity contribution is 6.15. The first-order valence-corrected chi connectivity index (χ1v) is 14.6. The molecule has 0 N–H and O–H groups in total. The van der Waals surface area contributed by atoms with E-state index in [1.165, 1.54) is 77.4 Å². The van der Waals surface area contributed by atoms with E-state index in [1.54, 1.807) is 7.11 Å². The van der Waals surface area contributed by atoms with E-state index < -0.39 is 0 Å². The van der Waals surface area contributed by atoms with Gasteiger partial charge in [-0.25, -0.2) is 0 Å². The van der Waals surface area contributed by atoms with Crippen LogP contribution in [0.4, 0.5) is 0 Å². The molecule has 2 heteroatoms. The molecule has 204 valence electrons.